The van der Waals surface area contributed by atoms with Crippen molar-refractivity contribution >= 4 is 23.0 Å². The van der Waals surface area contributed by atoms with Crippen LogP contribution < -0.4 is 9.47 Å². The number of hydrogen-bond acceptors (Lipinski definition) is 6. The molecule has 0 amide bonds. The largest absolute Gasteiger partial charge is 0.493 e. The van der Waals surface area contributed by atoms with E-state index in [-0.39, 0.29) is 18.5 Å². The summed E-state index contributed by atoms with van der Waals surface area (Å²) in [5.74, 6) is 0.190. The second-order valence-electron chi connectivity index (χ2n) is 5.04. The van der Waals surface area contributed by atoms with E-state index >= 15 is 0 Å². The Balaban J connectivity index is 2.35. The minimum absolute atomic E-state index is 0.0233. The molecule has 128 valence electrons. The first kappa shape index (κ1) is 17.7. The standard InChI is InChI=1S/C16H17NO6S/c1-22-13-4-3-10(8-14(13)23-2)7-11-12(17(20)21)9-24-15(11)5-6-16(18)19/h3-4,8-9H,5-7H2,1-2H3,(H,18,19). The Kier molecular flexibility index (Phi) is 5.75. The lowest BCUT2D eigenvalue weighted by Crippen LogP contribution is -2.01. The van der Waals surface area contributed by atoms with Gasteiger partial charge in [-0.25, -0.2) is 0 Å². The van der Waals surface area contributed by atoms with Gasteiger partial charge in [-0.15, -0.1) is 11.3 Å². The van der Waals surface area contributed by atoms with Crippen molar-refractivity contribution in [2.24, 2.45) is 0 Å². The smallest absolute Gasteiger partial charge is 0.303 e. The molecule has 24 heavy (non-hydrogen) atoms. The minimum atomic E-state index is -0.928. The van der Waals surface area contributed by atoms with Crippen LogP contribution >= 0.6 is 11.3 Å². The quantitative estimate of drug-likeness (QED) is 0.579. The summed E-state index contributed by atoms with van der Waals surface area (Å²) in [7, 11) is 3.05. The third-order valence-corrected chi connectivity index (χ3v) is 4.63. The normalized spacial score (nSPS) is 10.4. The molecule has 0 spiro atoms. The van der Waals surface area contributed by atoms with Gasteiger partial charge in [-0.05, 0) is 24.1 Å². The molecule has 0 aliphatic rings. The molecule has 7 nitrogen and oxygen atoms in total. The predicted octanol–water partition coefficient (Wildman–Crippen LogP) is 3.28. The fraction of sp³-hybridized carbons (Fsp3) is 0.312. The summed E-state index contributed by atoms with van der Waals surface area (Å²) in [6.07, 6.45) is 0.544. The van der Waals surface area contributed by atoms with Crippen LogP contribution in [0.1, 0.15) is 22.4 Å². The van der Waals surface area contributed by atoms with Crippen molar-refractivity contribution in [1.82, 2.24) is 0 Å². The molecule has 0 fully saturated rings. The maximum atomic E-state index is 11.2. The fourth-order valence-electron chi connectivity index (χ4n) is 2.38. The third kappa shape index (κ3) is 4.02. The number of carboxylic acids is 1. The van der Waals surface area contributed by atoms with E-state index in [9.17, 15) is 14.9 Å². The second-order valence-corrected chi connectivity index (χ2v) is 6.00. The van der Waals surface area contributed by atoms with Gasteiger partial charge in [0.25, 0.3) is 5.69 Å². The van der Waals surface area contributed by atoms with Gasteiger partial charge in [-0.1, -0.05) is 6.07 Å². The molecule has 2 rings (SSSR count). The zero-order valence-corrected chi connectivity index (χ0v) is 14.1. The van der Waals surface area contributed by atoms with Gasteiger partial charge in [-0.2, -0.15) is 0 Å². The molecule has 0 aliphatic carbocycles. The van der Waals surface area contributed by atoms with E-state index in [1.165, 1.54) is 30.9 Å². The summed E-state index contributed by atoms with van der Waals surface area (Å²) < 4.78 is 10.4. The Hall–Kier alpha value is -2.61. The van der Waals surface area contributed by atoms with Crippen molar-refractivity contribution in [3.05, 3.63) is 49.7 Å². The van der Waals surface area contributed by atoms with Gasteiger partial charge in [-0.3, -0.25) is 14.9 Å². The van der Waals surface area contributed by atoms with Gasteiger partial charge in [0.15, 0.2) is 11.5 Å². The average Bonchev–Trinajstić information content (AvgIpc) is 2.95. The fourth-order valence-corrected chi connectivity index (χ4v) is 3.40. The molecule has 0 unspecified atom stereocenters. The third-order valence-electron chi connectivity index (χ3n) is 3.55. The molecular weight excluding hydrogens is 334 g/mol. The number of aliphatic carboxylic acids is 1. The number of carbonyl (C=O) groups is 1. The molecule has 0 saturated carbocycles. The van der Waals surface area contributed by atoms with Crippen molar-refractivity contribution in [3.63, 3.8) is 0 Å². The highest BCUT2D eigenvalue weighted by Crippen LogP contribution is 2.34. The highest BCUT2D eigenvalue weighted by molar-refractivity contribution is 7.10. The number of thiophene rings is 1. The molecule has 0 radical (unpaired) electrons. The lowest BCUT2D eigenvalue weighted by molar-refractivity contribution is -0.385. The van der Waals surface area contributed by atoms with Crippen LogP contribution in [0, 0.1) is 10.1 Å². The number of benzene rings is 1. The van der Waals surface area contributed by atoms with Crippen LogP contribution in [0.3, 0.4) is 0 Å². The van der Waals surface area contributed by atoms with Gasteiger partial charge >= 0.3 is 5.97 Å². The summed E-state index contributed by atoms with van der Waals surface area (Å²) in [4.78, 5) is 22.3. The van der Waals surface area contributed by atoms with E-state index in [2.05, 4.69) is 0 Å². The number of aryl methyl sites for hydroxylation is 1. The molecule has 0 saturated heterocycles. The Morgan fingerprint density at radius 2 is 2.00 bits per heavy atom. The first-order valence-electron chi connectivity index (χ1n) is 7.12. The average molecular weight is 351 g/mol. The Bertz CT molecular complexity index is 755. The molecule has 0 atom stereocenters. The van der Waals surface area contributed by atoms with Crippen molar-refractivity contribution in [2.75, 3.05) is 14.2 Å². The first-order chi connectivity index (χ1) is 11.5. The zero-order chi connectivity index (χ0) is 17.7. The van der Waals surface area contributed by atoms with Crippen molar-refractivity contribution in [3.8, 4) is 11.5 Å². The number of ether oxygens (including phenoxy) is 2. The van der Waals surface area contributed by atoms with Crippen LogP contribution in [-0.2, 0) is 17.6 Å². The number of carboxylic acid groups (broad SMARTS) is 1. The molecular formula is C16H17NO6S. The highest BCUT2D eigenvalue weighted by Gasteiger charge is 2.21. The Morgan fingerprint density at radius 1 is 1.29 bits per heavy atom. The second kappa shape index (κ2) is 7.78. The van der Waals surface area contributed by atoms with Gasteiger partial charge in [0, 0.05) is 16.9 Å². The molecule has 2 aromatic rings. The van der Waals surface area contributed by atoms with E-state index in [1.54, 1.807) is 12.1 Å². The van der Waals surface area contributed by atoms with Gasteiger partial charge < -0.3 is 14.6 Å². The molecule has 0 aliphatic heterocycles. The Morgan fingerprint density at radius 3 is 2.58 bits per heavy atom. The van der Waals surface area contributed by atoms with E-state index < -0.39 is 10.9 Å². The predicted molar refractivity (Wildman–Crippen MR) is 89.3 cm³/mol. The summed E-state index contributed by atoms with van der Waals surface area (Å²) in [5, 5.41) is 21.5. The van der Waals surface area contributed by atoms with Gasteiger partial charge in [0.1, 0.15) is 0 Å². The van der Waals surface area contributed by atoms with Crippen molar-refractivity contribution in [1.29, 1.82) is 0 Å². The highest BCUT2D eigenvalue weighted by atomic mass is 32.1. The number of methoxy groups -OCH3 is 2. The molecule has 8 heteroatoms. The summed E-state index contributed by atoms with van der Waals surface area (Å²) in [6, 6.07) is 5.31. The van der Waals surface area contributed by atoms with Crippen LogP contribution in [0.5, 0.6) is 11.5 Å². The number of hydrogen-bond donors (Lipinski definition) is 1. The monoisotopic (exact) mass is 351 g/mol. The number of nitrogens with zero attached hydrogens (tertiary/aromatic N) is 1. The molecule has 1 N–H and O–H groups in total. The molecule has 1 heterocycles. The summed E-state index contributed by atoms with van der Waals surface area (Å²) >= 11 is 1.22. The van der Waals surface area contributed by atoms with Crippen LogP contribution in [0.15, 0.2) is 23.6 Å². The number of rotatable bonds is 8. The van der Waals surface area contributed by atoms with E-state index in [0.29, 0.717) is 23.5 Å². The van der Waals surface area contributed by atoms with Crippen molar-refractivity contribution < 1.29 is 24.3 Å². The summed E-state index contributed by atoms with van der Waals surface area (Å²) in [5.41, 5.74) is 1.40. The zero-order valence-electron chi connectivity index (χ0n) is 13.3. The molecule has 1 aromatic heterocycles. The number of nitro groups is 1. The SMILES string of the molecule is COc1ccc(Cc2c([N+](=O)[O-])csc2CCC(=O)O)cc1OC. The van der Waals surface area contributed by atoms with Gasteiger partial charge in [0.2, 0.25) is 0 Å². The minimum Gasteiger partial charge on any atom is -0.493 e. The molecule has 0 bridgehead atoms. The topological polar surface area (TPSA) is 98.9 Å². The lowest BCUT2D eigenvalue weighted by Gasteiger charge is -2.10. The van der Waals surface area contributed by atoms with Crippen LogP contribution in [-0.4, -0.2) is 30.2 Å². The summed E-state index contributed by atoms with van der Waals surface area (Å²) in [6.45, 7) is 0. The van der Waals surface area contributed by atoms with Crippen LogP contribution in [0.2, 0.25) is 0 Å². The maximum absolute atomic E-state index is 11.2. The van der Waals surface area contributed by atoms with E-state index in [1.807, 2.05) is 6.07 Å². The lowest BCUT2D eigenvalue weighted by atomic mass is 10.0. The Labute approximate surface area is 142 Å². The molecule has 1 aromatic carbocycles. The van der Waals surface area contributed by atoms with Crippen LogP contribution in [0.25, 0.3) is 0 Å². The van der Waals surface area contributed by atoms with Gasteiger partial charge in [0.05, 0.1) is 30.9 Å². The van der Waals surface area contributed by atoms with E-state index in [4.69, 9.17) is 14.6 Å². The first-order valence-corrected chi connectivity index (χ1v) is 8.00. The van der Waals surface area contributed by atoms with E-state index in [0.717, 1.165) is 10.4 Å². The van der Waals surface area contributed by atoms with Crippen molar-refractivity contribution in [2.45, 2.75) is 19.3 Å². The van der Waals surface area contributed by atoms with Crippen LogP contribution in [0.4, 0.5) is 5.69 Å². The maximum Gasteiger partial charge on any atom is 0.303 e.